The van der Waals surface area contributed by atoms with Gasteiger partial charge in [0.25, 0.3) is 0 Å². The first kappa shape index (κ1) is 14.1. The van der Waals surface area contributed by atoms with E-state index in [1.165, 1.54) is 0 Å². The smallest absolute Gasteiger partial charge is 0.481 e. The van der Waals surface area contributed by atoms with Crippen LogP contribution in [-0.2, 0) is 9.59 Å². The molecule has 0 aromatic carbocycles. The molecule has 0 heterocycles. The van der Waals surface area contributed by atoms with E-state index in [9.17, 15) is 9.59 Å². The Morgan fingerprint density at radius 2 is 1.18 bits per heavy atom. The maximum Gasteiger partial charge on any atom is 1.00 e. The van der Waals surface area contributed by atoms with Crippen LogP contribution in [-0.4, -0.2) is 22.2 Å². The van der Waals surface area contributed by atoms with Crippen molar-refractivity contribution in [3.63, 3.8) is 0 Å². The van der Waals surface area contributed by atoms with Crippen molar-refractivity contribution in [1.82, 2.24) is 0 Å². The Kier molecular flexibility index (Phi) is 11.1. The van der Waals surface area contributed by atoms with Gasteiger partial charge >= 0.3 is 63.3 Å². The van der Waals surface area contributed by atoms with Crippen molar-refractivity contribution in [2.75, 3.05) is 0 Å². The maximum atomic E-state index is 9.90. The number of carboxylic acid groups (broad SMARTS) is 2. The van der Waals surface area contributed by atoms with E-state index < -0.39 is 11.9 Å². The molecule has 0 aromatic rings. The second-order valence-corrected chi connectivity index (χ2v) is 1.99. The van der Waals surface area contributed by atoms with E-state index in [4.69, 9.17) is 10.2 Å². The fourth-order valence-electron chi connectivity index (χ4n) is 0.552. The molecule has 0 spiro atoms. The van der Waals surface area contributed by atoms with E-state index in [1.54, 1.807) is 0 Å². The molecule has 5 heteroatoms. The van der Waals surface area contributed by atoms with Gasteiger partial charge in [0, 0.05) is 12.8 Å². The first-order chi connectivity index (χ1) is 4.63. The summed E-state index contributed by atoms with van der Waals surface area (Å²) >= 11 is 0. The summed E-state index contributed by atoms with van der Waals surface area (Å²) in [5.74, 6) is -1.74. The van der Waals surface area contributed by atoms with E-state index in [0.29, 0.717) is 12.8 Å². The fraction of sp³-hybridized carbons (Fsp3) is 0.667. The molecule has 0 aliphatic heterocycles. The molecule has 0 aliphatic carbocycles. The minimum Gasteiger partial charge on any atom is -0.481 e. The van der Waals surface area contributed by atoms with Crippen LogP contribution in [0.15, 0.2) is 0 Å². The predicted octanol–water partition coefficient (Wildman–Crippen LogP) is -2.28. The Labute approximate surface area is 107 Å². The average molecular weight is 185 g/mol. The molecule has 0 aromatic heterocycles. The van der Waals surface area contributed by atoms with Crippen LogP contribution in [0.4, 0.5) is 0 Å². The van der Waals surface area contributed by atoms with Crippen molar-refractivity contribution in [2.45, 2.75) is 25.7 Å². The first-order valence-corrected chi connectivity index (χ1v) is 3.06. The summed E-state index contributed by atoms with van der Waals surface area (Å²) in [6.07, 6.45) is 1.02. The Hall–Kier alpha value is 0.576. The van der Waals surface area contributed by atoms with Gasteiger partial charge in [-0.05, 0) is 12.8 Å². The van der Waals surface area contributed by atoms with Crippen LogP contribution < -0.4 is 51.4 Å². The number of carbonyl (C=O) groups is 2. The van der Waals surface area contributed by atoms with Crippen molar-refractivity contribution in [1.29, 1.82) is 0 Å². The largest absolute Gasteiger partial charge is 1.00 e. The number of rotatable bonds is 5. The van der Waals surface area contributed by atoms with Gasteiger partial charge in [-0.1, -0.05) is 0 Å². The van der Waals surface area contributed by atoms with Crippen LogP contribution in [0.2, 0.25) is 0 Å². The Morgan fingerprint density at radius 3 is 1.36 bits per heavy atom. The van der Waals surface area contributed by atoms with E-state index in [1.807, 2.05) is 0 Å². The van der Waals surface area contributed by atoms with Gasteiger partial charge < -0.3 is 10.2 Å². The zero-order chi connectivity index (χ0) is 7.98. The normalized spacial score (nSPS) is 8.36. The topological polar surface area (TPSA) is 74.6 Å². The number of carboxylic acids is 2. The summed E-state index contributed by atoms with van der Waals surface area (Å²) in [5, 5.41) is 16.3. The van der Waals surface area contributed by atoms with Crippen LogP contribution >= 0.6 is 0 Å². The number of aliphatic carboxylic acids is 2. The standard InChI is InChI=1S/C6H10O4.K/c7-5(8)3-1-2-4-6(9)10;/h1-4H2,(H,7,8)(H,9,10);/q;+1. The van der Waals surface area contributed by atoms with Crippen LogP contribution in [0.25, 0.3) is 0 Å². The van der Waals surface area contributed by atoms with Gasteiger partial charge in [0.15, 0.2) is 0 Å². The van der Waals surface area contributed by atoms with Crippen molar-refractivity contribution in [3.8, 4) is 0 Å². The predicted molar refractivity (Wildman–Crippen MR) is 33.7 cm³/mol. The number of unbranched alkanes of at least 4 members (excludes halogenated alkanes) is 1. The second-order valence-electron chi connectivity index (χ2n) is 1.99. The average Bonchev–Trinajstić information content (AvgIpc) is 1.79. The monoisotopic (exact) mass is 185 g/mol. The van der Waals surface area contributed by atoms with Crippen LogP contribution in [0.5, 0.6) is 0 Å². The van der Waals surface area contributed by atoms with Crippen molar-refractivity contribution < 1.29 is 71.2 Å². The third-order valence-electron chi connectivity index (χ3n) is 1.03. The van der Waals surface area contributed by atoms with Crippen molar-refractivity contribution in [3.05, 3.63) is 0 Å². The molecule has 0 aliphatic rings. The molecule has 0 amide bonds. The van der Waals surface area contributed by atoms with Gasteiger partial charge in [-0.25, -0.2) is 0 Å². The van der Waals surface area contributed by atoms with Gasteiger partial charge in [-0.3, -0.25) is 9.59 Å². The van der Waals surface area contributed by atoms with Crippen LogP contribution in [0, 0.1) is 0 Å². The molecule has 2 N–H and O–H groups in total. The second kappa shape index (κ2) is 8.67. The molecule has 58 valence electrons. The number of hydrogen-bond acceptors (Lipinski definition) is 2. The quantitative estimate of drug-likeness (QED) is 0.374. The zero-order valence-electron chi connectivity index (χ0n) is 6.54. The van der Waals surface area contributed by atoms with E-state index >= 15 is 0 Å². The van der Waals surface area contributed by atoms with E-state index in [0.717, 1.165) is 0 Å². The fourth-order valence-corrected chi connectivity index (χ4v) is 0.552. The van der Waals surface area contributed by atoms with E-state index in [-0.39, 0.29) is 64.2 Å². The molecule has 0 atom stereocenters. The molecular formula is C6H10KO4+. The van der Waals surface area contributed by atoms with Crippen LogP contribution in [0.1, 0.15) is 25.7 Å². The molecule has 0 unspecified atom stereocenters. The van der Waals surface area contributed by atoms with Gasteiger partial charge in [0.05, 0.1) is 0 Å². The summed E-state index contributed by atoms with van der Waals surface area (Å²) in [5.41, 5.74) is 0. The molecule has 0 radical (unpaired) electrons. The molecule has 0 saturated carbocycles. The summed E-state index contributed by atoms with van der Waals surface area (Å²) < 4.78 is 0. The summed E-state index contributed by atoms with van der Waals surface area (Å²) in [6.45, 7) is 0. The Morgan fingerprint density at radius 1 is 0.909 bits per heavy atom. The SMILES string of the molecule is O=C(O)CCCCC(=O)O.[K+]. The minimum absolute atomic E-state index is 0. The Balaban J connectivity index is 0. The molecule has 11 heavy (non-hydrogen) atoms. The zero-order valence-corrected chi connectivity index (χ0v) is 9.66. The van der Waals surface area contributed by atoms with Gasteiger partial charge in [-0.15, -0.1) is 0 Å². The van der Waals surface area contributed by atoms with Gasteiger partial charge in [0.2, 0.25) is 0 Å². The summed E-state index contributed by atoms with van der Waals surface area (Å²) in [4.78, 5) is 19.8. The molecular weight excluding hydrogens is 175 g/mol. The molecule has 4 nitrogen and oxygen atoms in total. The molecule has 0 fully saturated rings. The third kappa shape index (κ3) is 13.6. The van der Waals surface area contributed by atoms with Crippen LogP contribution in [0.3, 0.4) is 0 Å². The Bertz CT molecular complexity index is 119. The van der Waals surface area contributed by atoms with Gasteiger partial charge in [0.1, 0.15) is 0 Å². The molecule has 0 saturated heterocycles. The summed E-state index contributed by atoms with van der Waals surface area (Å²) in [7, 11) is 0. The van der Waals surface area contributed by atoms with Gasteiger partial charge in [-0.2, -0.15) is 0 Å². The number of hydrogen-bond donors (Lipinski definition) is 2. The van der Waals surface area contributed by atoms with Crippen molar-refractivity contribution in [2.24, 2.45) is 0 Å². The minimum atomic E-state index is -0.870. The summed E-state index contributed by atoms with van der Waals surface area (Å²) in [6, 6.07) is 0. The molecule has 0 rings (SSSR count). The third-order valence-corrected chi connectivity index (χ3v) is 1.03. The van der Waals surface area contributed by atoms with Crippen molar-refractivity contribution >= 4 is 11.9 Å². The van der Waals surface area contributed by atoms with E-state index in [2.05, 4.69) is 0 Å². The first-order valence-electron chi connectivity index (χ1n) is 3.06. The maximum absolute atomic E-state index is 9.90. The molecule has 0 bridgehead atoms.